The van der Waals surface area contributed by atoms with Crippen LogP contribution in [-0.4, -0.2) is 5.25 Å². The van der Waals surface area contributed by atoms with Crippen LogP contribution < -0.4 is 0 Å². The van der Waals surface area contributed by atoms with Crippen LogP contribution in [0.3, 0.4) is 0 Å². The molecule has 3 rings (SSSR count). The van der Waals surface area contributed by atoms with E-state index >= 15 is 0 Å². The molecule has 0 fully saturated rings. The van der Waals surface area contributed by atoms with Crippen LogP contribution in [0.4, 0.5) is 0 Å². The average molecular weight is 280 g/mol. The molecule has 0 amide bonds. The third kappa shape index (κ3) is 2.69. The Morgan fingerprint density at radius 2 is 1.40 bits per heavy atom. The lowest BCUT2D eigenvalue weighted by Crippen LogP contribution is -2.21. The van der Waals surface area contributed by atoms with Gasteiger partial charge >= 0.3 is 0 Å². The zero-order valence-electron chi connectivity index (χ0n) is 12.0. The number of hydrogen-bond acceptors (Lipinski definition) is 1. The third-order valence-corrected chi connectivity index (χ3v) is 5.62. The molecule has 1 heterocycles. The van der Waals surface area contributed by atoms with Crippen molar-refractivity contribution in [1.82, 2.24) is 0 Å². The summed E-state index contributed by atoms with van der Waals surface area (Å²) in [6.07, 6.45) is 2.46. The highest BCUT2D eigenvalue weighted by atomic mass is 32.2. The molecule has 1 aliphatic rings. The van der Waals surface area contributed by atoms with Crippen LogP contribution in [-0.2, 0) is 0 Å². The lowest BCUT2D eigenvalue weighted by molar-refractivity contribution is 0.517. The van der Waals surface area contributed by atoms with Crippen LogP contribution in [0.2, 0.25) is 0 Å². The van der Waals surface area contributed by atoms with Gasteiger partial charge in [-0.3, -0.25) is 0 Å². The summed E-state index contributed by atoms with van der Waals surface area (Å²) in [5.41, 5.74) is 2.78. The Morgan fingerprint density at radius 3 is 2.05 bits per heavy atom. The summed E-state index contributed by atoms with van der Waals surface area (Å²) in [5.74, 6) is 1.18. The summed E-state index contributed by atoms with van der Waals surface area (Å²) in [6, 6.07) is 21.6. The van der Waals surface area contributed by atoms with Gasteiger partial charge in [-0.15, -0.1) is 11.8 Å². The zero-order chi connectivity index (χ0) is 13.9. The molecule has 0 radical (unpaired) electrons. The van der Waals surface area contributed by atoms with Crippen molar-refractivity contribution < 1.29 is 0 Å². The Bertz CT molecular complexity index is 586. The number of allylic oxidation sites excluding steroid dienone is 1. The predicted octanol–water partition coefficient (Wildman–Crippen LogP) is 5.58. The SMILES string of the molecule is C[C@H]1[C@@H](c2ccccc2)C=C(c2ccccc2)S[C@@H]1C. The van der Waals surface area contributed by atoms with Gasteiger partial charge in [-0.25, -0.2) is 0 Å². The molecule has 2 aromatic rings. The molecule has 1 heteroatoms. The van der Waals surface area contributed by atoms with Crippen LogP contribution in [0.15, 0.2) is 66.7 Å². The van der Waals surface area contributed by atoms with E-state index in [1.807, 2.05) is 11.8 Å². The van der Waals surface area contributed by atoms with Crippen LogP contribution in [0.1, 0.15) is 30.9 Å². The fourth-order valence-corrected chi connectivity index (χ4v) is 4.08. The molecule has 0 aliphatic carbocycles. The zero-order valence-corrected chi connectivity index (χ0v) is 12.8. The largest absolute Gasteiger partial charge is 0.122 e. The summed E-state index contributed by atoms with van der Waals surface area (Å²) in [5, 5.41) is 0.639. The number of benzene rings is 2. The van der Waals surface area contributed by atoms with Crippen molar-refractivity contribution in [2.75, 3.05) is 0 Å². The van der Waals surface area contributed by atoms with Crippen LogP contribution in [0.25, 0.3) is 4.91 Å². The minimum absolute atomic E-state index is 0.516. The molecule has 3 atom stereocenters. The Kier molecular flexibility index (Phi) is 3.98. The average Bonchev–Trinajstić information content (AvgIpc) is 2.51. The fraction of sp³-hybridized carbons (Fsp3) is 0.263. The lowest BCUT2D eigenvalue weighted by atomic mass is 9.84. The van der Waals surface area contributed by atoms with Crippen molar-refractivity contribution in [3.63, 3.8) is 0 Å². The highest BCUT2D eigenvalue weighted by Crippen LogP contribution is 2.46. The highest BCUT2D eigenvalue weighted by molar-refractivity contribution is 8.08. The van der Waals surface area contributed by atoms with Crippen LogP contribution >= 0.6 is 11.8 Å². The van der Waals surface area contributed by atoms with Crippen molar-refractivity contribution in [2.24, 2.45) is 5.92 Å². The van der Waals surface area contributed by atoms with Crippen LogP contribution in [0, 0.1) is 5.92 Å². The van der Waals surface area contributed by atoms with Gasteiger partial charge in [-0.05, 0) is 17.0 Å². The third-order valence-electron chi connectivity index (χ3n) is 4.19. The maximum absolute atomic E-state index is 2.46. The van der Waals surface area contributed by atoms with Gasteiger partial charge in [0, 0.05) is 16.1 Å². The summed E-state index contributed by atoms with van der Waals surface area (Å²) >= 11 is 2.01. The molecule has 0 aromatic heterocycles. The highest BCUT2D eigenvalue weighted by Gasteiger charge is 2.29. The summed E-state index contributed by atoms with van der Waals surface area (Å²) in [7, 11) is 0. The van der Waals surface area contributed by atoms with Crippen LogP contribution in [0.5, 0.6) is 0 Å². The van der Waals surface area contributed by atoms with E-state index in [9.17, 15) is 0 Å². The first-order valence-corrected chi connectivity index (χ1v) is 8.12. The monoisotopic (exact) mass is 280 g/mol. The second kappa shape index (κ2) is 5.88. The van der Waals surface area contributed by atoms with E-state index in [2.05, 4.69) is 80.6 Å². The van der Waals surface area contributed by atoms with E-state index < -0.39 is 0 Å². The molecule has 0 nitrogen and oxygen atoms in total. The Balaban J connectivity index is 2.00. The minimum atomic E-state index is 0.516. The number of hydrogen-bond donors (Lipinski definition) is 0. The number of rotatable bonds is 2. The Hall–Kier alpha value is -1.47. The molecule has 102 valence electrons. The van der Waals surface area contributed by atoms with Crippen molar-refractivity contribution in [3.05, 3.63) is 77.9 Å². The summed E-state index contributed by atoms with van der Waals surface area (Å²) in [6.45, 7) is 4.72. The van der Waals surface area contributed by atoms with Gasteiger partial charge in [0.25, 0.3) is 0 Å². The first kappa shape index (κ1) is 13.5. The van der Waals surface area contributed by atoms with Gasteiger partial charge in [0.2, 0.25) is 0 Å². The smallest absolute Gasteiger partial charge is 0.0114 e. The van der Waals surface area contributed by atoms with E-state index in [-0.39, 0.29) is 0 Å². The quantitative estimate of drug-likeness (QED) is 0.691. The Morgan fingerprint density at radius 1 is 0.800 bits per heavy atom. The van der Waals surface area contributed by atoms with Crippen molar-refractivity contribution in [1.29, 1.82) is 0 Å². The second-order valence-electron chi connectivity index (χ2n) is 5.52. The van der Waals surface area contributed by atoms with Gasteiger partial charge in [0.1, 0.15) is 0 Å². The van der Waals surface area contributed by atoms with Gasteiger partial charge in [-0.1, -0.05) is 80.6 Å². The second-order valence-corrected chi connectivity index (χ2v) is 6.93. The predicted molar refractivity (Wildman–Crippen MR) is 89.8 cm³/mol. The van der Waals surface area contributed by atoms with Crippen molar-refractivity contribution in [3.8, 4) is 0 Å². The van der Waals surface area contributed by atoms with E-state index in [4.69, 9.17) is 0 Å². The molecule has 20 heavy (non-hydrogen) atoms. The van der Waals surface area contributed by atoms with E-state index in [1.165, 1.54) is 16.0 Å². The van der Waals surface area contributed by atoms with Gasteiger partial charge in [0.15, 0.2) is 0 Å². The van der Waals surface area contributed by atoms with Crippen molar-refractivity contribution >= 4 is 16.7 Å². The maximum atomic E-state index is 2.46. The maximum Gasteiger partial charge on any atom is 0.0114 e. The molecule has 0 bridgehead atoms. The van der Waals surface area contributed by atoms with Gasteiger partial charge in [0.05, 0.1) is 0 Å². The molecular formula is C19H20S. The molecule has 0 saturated carbocycles. The molecular weight excluding hydrogens is 260 g/mol. The van der Waals surface area contributed by atoms with E-state index in [0.717, 1.165) is 0 Å². The first-order valence-electron chi connectivity index (χ1n) is 7.24. The van der Waals surface area contributed by atoms with Crippen molar-refractivity contribution in [2.45, 2.75) is 25.0 Å². The topological polar surface area (TPSA) is 0 Å². The lowest BCUT2D eigenvalue weighted by Gasteiger charge is -2.33. The van der Waals surface area contributed by atoms with E-state index in [1.54, 1.807) is 0 Å². The van der Waals surface area contributed by atoms with Gasteiger partial charge in [-0.2, -0.15) is 0 Å². The normalized spacial score (nSPS) is 26.1. The molecule has 0 saturated heterocycles. The van der Waals surface area contributed by atoms with Gasteiger partial charge < -0.3 is 0 Å². The first-order chi connectivity index (χ1) is 9.75. The molecule has 2 aromatic carbocycles. The number of thioether (sulfide) groups is 1. The minimum Gasteiger partial charge on any atom is -0.122 e. The summed E-state index contributed by atoms with van der Waals surface area (Å²) in [4.78, 5) is 1.42. The standard InChI is InChI=1S/C19H20S/c1-14-15(2)20-19(17-11-7-4-8-12-17)13-18(14)16-9-5-3-6-10-16/h3-15,18H,1-2H3/t14-,15-,18+/m1/s1. The van der Waals surface area contributed by atoms with E-state index in [0.29, 0.717) is 17.1 Å². The fourth-order valence-electron chi connectivity index (χ4n) is 2.80. The molecule has 0 spiro atoms. The summed E-state index contributed by atoms with van der Waals surface area (Å²) < 4.78 is 0. The molecule has 0 N–H and O–H groups in total. The molecule has 0 unspecified atom stereocenters. The molecule has 1 aliphatic heterocycles. The Labute approximate surface area is 125 Å².